The number of piperidine rings is 1. The van der Waals surface area contributed by atoms with Crippen molar-refractivity contribution in [3.05, 3.63) is 29.3 Å². The van der Waals surface area contributed by atoms with Crippen LogP contribution in [0.1, 0.15) is 36.8 Å². The minimum Gasteiger partial charge on any atom is -0.497 e. The molecule has 156 valence electrons. The van der Waals surface area contributed by atoms with Crippen LogP contribution in [0.3, 0.4) is 0 Å². The zero-order chi connectivity index (χ0) is 20.0. The molecule has 29 heavy (non-hydrogen) atoms. The zero-order valence-corrected chi connectivity index (χ0v) is 16.9. The van der Waals surface area contributed by atoms with Crippen molar-refractivity contribution in [2.75, 3.05) is 33.4 Å². The molecule has 1 aromatic carbocycles. The molecule has 4 bridgehead atoms. The van der Waals surface area contributed by atoms with Crippen LogP contribution in [0.5, 0.6) is 5.75 Å². The lowest BCUT2D eigenvalue weighted by molar-refractivity contribution is -0.102. The third kappa shape index (κ3) is 1.97. The van der Waals surface area contributed by atoms with E-state index in [1.807, 2.05) is 6.07 Å². The topological polar surface area (TPSA) is 53.0 Å². The molecule has 2 saturated heterocycles. The Hall–Kier alpha value is -1.82. The Balaban J connectivity index is 1.57. The molecular formula is C23H29FN2O3. The van der Waals surface area contributed by atoms with E-state index in [-0.39, 0.29) is 23.5 Å². The number of carbonyl (C=O) groups is 1. The molecule has 0 spiro atoms. The molecule has 3 aliphatic carbocycles. The smallest absolute Gasteiger partial charge is 0.407 e. The molecule has 6 heteroatoms. The fourth-order valence-electron chi connectivity index (χ4n) is 8.81. The van der Waals surface area contributed by atoms with E-state index in [1.165, 1.54) is 11.1 Å². The standard InChI is InChI=1S/C23H29FN2O3/c1-29-16-3-2-14-10-19-22-5-4-18-20(15(12-22)13-26(18)21(27)28)23(22,17(14)11-16)6-8-25(19)9-7-24/h2-3,11,15,18-20H,4-10,12-13H2,1H3,(H,27,28)/t15-,18?,19-,20?,22-,23+/m1/s1. The van der Waals surface area contributed by atoms with Crippen molar-refractivity contribution >= 4 is 6.09 Å². The van der Waals surface area contributed by atoms with Crippen LogP contribution in [-0.2, 0) is 11.8 Å². The Morgan fingerprint density at radius 2 is 2.24 bits per heavy atom. The van der Waals surface area contributed by atoms with Crippen molar-refractivity contribution in [1.82, 2.24) is 9.80 Å². The summed E-state index contributed by atoms with van der Waals surface area (Å²) in [6, 6.07) is 7.00. The minimum atomic E-state index is -0.763. The van der Waals surface area contributed by atoms with Crippen molar-refractivity contribution in [2.45, 2.75) is 49.6 Å². The highest BCUT2D eigenvalue weighted by Gasteiger charge is 2.76. The van der Waals surface area contributed by atoms with Crippen LogP contribution >= 0.6 is 0 Å². The third-order valence-corrected chi connectivity index (χ3v) is 9.42. The molecule has 2 saturated carbocycles. The fraction of sp³-hybridized carbons (Fsp3) is 0.696. The summed E-state index contributed by atoms with van der Waals surface area (Å²) in [7, 11) is 1.72. The number of amides is 1. The Bertz CT molecular complexity index is 878. The summed E-state index contributed by atoms with van der Waals surface area (Å²) >= 11 is 0. The largest absolute Gasteiger partial charge is 0.497 e. The Morgan fingerprint density at radius 3 is 3.00 bits per heavy atom. The number of rotatable bonds is 3. The summed E-state index contributed by atoms with van der Waals surface area (Å²) in [5.41, 5.74) is 2.93. The quantitative estimate of drug-likeness (QED) is 0.846. The van der Waals surface area contributed by atoms with Crippen molar-refractivity contribution in [3.8, 4) is 5.75 Å². The molecule has 6 atom stereocenters. The van der Waals surface area contributed by atoms with Gasteiger partial charge in [0.25, 0.3) is 0 Å². The lowest BCUT2D eigenvalue weighted by Crippen LogP contribution is -2.69. The number of carboxylic acid groups (broad SMARTS) is 1. The highest BCUT2D eigenvalue weighted by molar-refractivity contribution is 5.67. The van der Waals surface area contributed by atoms with Gasteiger partial charge in [-0.3, -0.25) is 4.90 Å². The molecule has 6 rings (SSSR count). The first-order valence-electron chi connectivity index (χ1n) is 11.0. The van der Waals surface area contributed by atoms with Gasteiger partial charge in [0.2, 0.25) is 0 Å². The normalized spacial score (nSPS) is 41.8. The van der Waals surface area contributed by atoms with Crippen LogP contribution in [0.25, 0.3) is 0 Å². The number of benzene rings is 1. The molecule has 1 aromatic rings. The van der Waals surface area contributed by atoms with Gasteiger partial charge in [0, 0.05) is 30.6 Å². The second kappa shape index (κ2) is 5.87. The number of likely N-dealkylation sites (tertiary alicyclic amines) is 2. The van der Waals surface area contributed by atoms with E-state index in [2.05, 4.69) is 17.0 Å². The number of nitrogens with zero attached hydrogens (tertiary/aromatic N) is 2. The Kier molecular flexibility index (Phi) is 3.64. The Labute approximate surface area is 170 Å². The van der Waals surface area contributed by atoms with Gasteiger partial charge in [-0.1, -0.05) is 6.07 Å². The van der Waals surface area contributed by atoms with E-state index in [0.717, 1.165) is 44.4 Å². The molecule has 1 amide bonds. The van der Waals surface area contributed by atoms with Crippen LogP contribution < -0.4 is 4.74 Å². The number of fused-ring (bicyclic) bond motifs is 1. The van der Waals surface area contributed by atoms with E-state index in [4.69, 9.17) is 4.74 Å². The number of ether oxygens (including phenoxy) is 1. The van der Waals surface area contributed by atoms with Gasteiger partial charge in [0.1, 0.15) is 12.4 Å². The summed E-state index contributed by atoms with van der Waals surface area (Å²) in [4.78, 5) is 16.1. The van der Waals surface area contributed by atoms with Crippen LogP contribution in [0, 0.1) is 17.3 Å². The molecule has 2 aliphatic heterocycles. The van der Waals surface area contributed by atoms with Gasteiger partial charge >= 0.3 is 6.09 Å². The SMILES string of the molecule is COc1ccc2c(c1)[C@]13CCN(CCF)[C@H](C2)[C@]12CCC1C3[C@@H](CN1C(=O)O)C2. The van der Waals surface area contributed by atoms with E-state index < -0.39 is 6.09 Å². The third-order valence-electron chi connectivity index (χ3n) is 9.42. The van der Waals surface area contributed by atoms with Crippen molar-refractivity contribution in [1.29, 1.82) is 0 Å². The summed E-state index contributed by atoms with van der Waals surface area (Å²) in [6.07, 6.45) is 4.32. The van der Waals surface area contributed by atoms with E-state index in [1.54, 1.807) is 12.0 Å². The van der Waals surface area contributed by atoms with E-state index in [0.29, 0.717) is 31.0 Å². The van der Waals surface area contributed by atoms with Gasteiger partial charge in [0.15, 0.2) is 0 Å². The predicted molar refractivity (Wildman–Crippen MR) is 106 cm³/mol. The second-order valence-corrected chi connectivity index (χ2v) is 9.88. The average molecular weight is 400 g/mol. The minimum absolute atomic E-state index is 0.00435. The molecule has 5 nitrogen and oxygen atoms in total. The second-order valence-electron chi connectivity index (χ2n) is 9.88. The summed E-state index contributed by atoms with van der Waals surface area (Å²) < 4.78 is 19.0. The first kappa shape index (κ1) is 18.0. The number of methoxy groups -OCH3 is 1. The van der Waals surface area contributed by atoms with Gasteiger partial charge in [-0.2, -0.15) is 0 Å². The van der Waals surface area contributed by atoms with Crippen LogP contribution in [0.2, 0.25) is 0 Å². The highest BCUT2D eigenvalue weighted by Crippen LogP contribution is 2.75. The monoisotopic (exact) mass is 400 g/mol. The summed E-state index contributed by atoms with van der Waals surface area (Å²) in [5.74, 6) is 1.70. The number of alkyl halides is 1. The maximum atomic E-state index is 13.4. The van der Waals surface area contributed by atoms with Crippen molar-refractivity contribution < 1.29 is 19.0 Å². The van der Waals surface area contributed by atoms with Gasteiger partial charge in [-0.05, 0) is 79.2 Å². The molecule has 5 aliphatic rings. The molecule has 0 radical (unpaired) electrons. The van der Waals surface area contributed by atoms with E-state index >= 15 is 0 Å². The maximum Gasteiger partial charge on any atom is 0.407 e. The first-order chi connectivity index (χ1) is 14.1. The summed E-state index contributed by atoms with van der Waals surface area (Å²) in [5, 5.41) is 9.85. The van der Waals surface area contributed by atoms with Crippen molar-refractivity contribution in [2.24, 2.45) is 17.3 Å². The number of hydrogen-bond donors (Lipinski definition) is 1. The number of hydrogen-bond acceptors (Lipinski definition) is 3. The van der Waals surface area contributed by atoms with Crippen LogP contribution in [0.15, 0.2) is 18.2 Å². The fourth-order valence-corrected chi connectivity index (χ4v) is 8.81. The molecular weight excluding hydrogens is 371 g/mol. The maximum absolute atomic E-state index is 13.4. The van der Waals surface area contributed by atoms with Crippen molar-refractivity contribution in [3.63, 3.8) is 0 Å². The molecule has 4 fully saturated rings. The lowest BCUT2D eigenvalue weighted by atomic mass is 9.43. The molecule has 1 N–H and O–H groups in total. The van der Waals surface area contributed by atoms with Gasteiger partial charge < -0.3 is 14.7 Å². The molecule has 2 unspecified atom stereocenters. The van der Waals surface area contributed by atoms with Gasteiger partial charge in [-0.15, -0.1) is 0 Å². The lowest BCUT2D eigenvalue weighted by Gasteiger charge is -2.66. The zero-order valence-electron chi connectivity index (χ0n) is 16.9. The first-order valence-corrected chi connectivity index (χ1v) is 11.0. The molecule has 0 aromatic heterocycles. The average Bonchev–Trinajstić information content (AvgIpc) is 3.16. The predicted octanol–water partition coefficient (Wildman–Crippen LogP) is 3.31. The highest BCUT2D eigenvalue weighted by atomic mass is 19.1. The van der Waals surface area contributed by atoms with Crippen LogP contribution in [0.4, 0.5) is 9.18 Å². The van der Waals surface area contributed by atoms with Crippen LogP contribution in [-0.4, -0.2) is 66.5 Å². The van der Waals surface area contributed by atoms with Gasteiger partial charge in [0.05, 0.1) is 7.11 Å². The Morgan fingerprint density at radius 1 is 1.38 bits per heavy atom. The summed E-state index contributed by atoms with van der Waals surface area (Å²) in [6.45, 7) is 1.81. The van der Waals surface area contributed by atoms with E-state index in [9.17, 15) is 14.3 Å². The van der Waals surface area contributed by atoms with Gasteiger partial charge in [-0.25, -0.2) is 9.18 Å². The molecule has 2 heterocycles. The number of halogens is 1.